The Morgan fingerprint density at radius 2 is 1.65 bits per heavy atom. The van der Waals surface area contributed by atoms with E-state index in [1.165, 1.54) is 74.5 Å². The Bertz CT molecular complexity index is 510. The van der Waals surface area contributed by atoms with Gasteiger partial charge in [0.1, 0.15) is 0 Å². The Morgan fingerprint density at radius 1 is 0.957 bits per heavy atom. The molecule has 1 aliphatic carbocycles. The number of allylic oxidation sites excluding steroid dienone is 4. The van der Waals surface area contributed by atoms with E-state index < -0.39 is 0 Å². The smallest absolute Gasteiger partial charge is 0.00922 e. The van der Waals surface area contributed by atoms with Crippen LogP contribution in [0.4, 0.5) is 0 Å². The van der Waals surface area contributed by atoms with Gasteiger partial charge in [-0.05, 0) is 68.6 Å². The number of hydrogen-bond acceptors (Lipinski definition) is 0. The van der Waals surface area contributed by atoms with Crippen LogP contribution in [-0.4, -0.2) is 0 Å². The Hall–Kier alpha value is -1.40. The van der Waals surface area contributed by atoms with Gasteiger partial charge in [0.2, 0.25) is 0 Å². The molecule has 0 heteroatoms. The minimum atomic E-state index is 1.03. The van der Waals surface area contributed by atoms with Crippen LogP contribution in [0.1, 0.15) is 97.8 Å². The molecule has 0 aromatic carbocycles. The van der Waals surface area contributed by atoms with Crippen LogP contribution in [0.25, 0.3) is 0 Å². The molecule has 0 atom stereocenters. The van der Waals surface area contributed by atoms with Crippen molar-refractivity contribution in [1.82, 2.24) is 0 Å². The summed E-state index contributed by atoms with van der Waals surface area (Å²) >= 11 is 0. The molecule has 0 N–H and O–H groups in total. The Balaban J connectivity index is 2.82. The molecule has 23 heavy (non-hydrogen) atoms. The van der Waals surface area contributed by atoms with Gasteiger partial charge in [-0.1, -0.05) is 63.3 Å². The fourth-order valence-corrected chi connectivity index (χ4v) is 2.76. The molecule has 0 fully saturated rings. The summed E-state index contributed by atoms with van der Waals surface area (Å²) < 4.78 is 0. The van der Waals surface area contributed by atoms with Gasteiger partial charge in [-0.3, -0.25) is 0 Å². The highest BCUT2D eigenvalue weighted by Gasteiger charge is 2.09. The topological polar surface area (TPSA) is 0 Å². The first-order chi connectivity index (χ1) is 11.3. The van der Waals surface area contributed by atoms with E-state index in [0.29, 0.717) is 0 Å². The molecule has 1 aliphatic rings. The van der Waals surface area contributed by atoms with E-state index in [2.05, 4.69) is 50.2 Å². The molecule has 0 saturated heterocycles. The van der Waals surface area contributed by atoms with Gasteiger partial charge < -0.3 is 0 Å². The summed E-state index contributed by atoms with van der Waals surface area (Å²) in [6.07, 6.45) is 16.6. The van der Waals surface area contributed by atoms with Gasteiger partial charge in [0.15, 0.2) is 0 Å². The normalized spacial score (nSPS) is 13.2. The highest BCUT2D eigenvalue weighted by molar-refractivity contribution is 5.41. The maximum Gasteiger partial charge on any atom is 0.00922 e. The number of hydrogen-bond donors (Lipinski definition) is 0. The molecule has 0 spiro atoms. The van der Waals surface area contributed by atoms with Gasteiger partial charge in [-0.25, -0.2) is 0 Å². The Kier molecular flexibility index (Phi) is 11.2. The summed E-state index contributed by atoms with van der Waals surface area (Å²) in [7, 11) is 0. The molecule has 1 rings (SSSR count). The average Bonchev–Trinajstić information content (AvgIpc) is 3.01. The Labute approximate surface area is 144 Å². The summed E-state index contributed by atoms with van der Waals surface area (Å²) in [6, 6.07) is 0. The molecule has 0 saturated carbocycles. The van der Waals surface area contributed by atoms with E-state index in [9.17, 15) is 0 Å². The van der Waals surface area contributed by atoms with E-state index in [1.54, 1.807) is 0 Å². The zero-order valence-electron chi connectivity index (χ0n) is 15.6. The molecule has 0 aromatic rings. The first-order valence-corrected chi connectivity index (χ1v) is 9.72. The van der Waals surface area contributed by atoms with Gasteiger partial charge in [0.25, 0.3) is 0 Å². The zero-order chi connectivity index (χ0) is 16.8. The van der Waals surface area contributed by atoms with E-state index in [0.717, 1.165) is 19.3 Å². The third kappa shape index (κ3) is 8.71. The molecule has 0 unspecified atom stereocenters. The third-order valence-corrected chi connectivity index (χ3v) is 4.31. The fourth-order valence-electron chi connectivity index (χ4n) is 2.76. The van der Waals surface area contributed by atoms with Crippen LogP contribution >= 0.6 is 0 Å². The third-order valence-electron chi connectivity index (χ3n) is 4.31. The van der Waals surface area contributed by atoms with Crippen molar-refractivity contribution in [3.63, 3.8) is 0 Å². The van der Waals surface area contributed by atoms with Crippen molar-refractivity contribution in [2.45, 2.75) is 97.8 Å². The predicted molar refractivity (Wildman–Crippen MR) is 102 cm³/mol. The number of rotatable bonds is 9. The van der Waals surface area contributed by atoms with Crippen LogP contribution in [0.3, 0.4) is 0 Å². The fraction of sp³-hybridized carbons (Fsp3) is 0.652. The van der Waals surface area contributed by atoms with Crippen molar-refractivity contribution >= 4 is 0 Å². The van der Waals surface area contributed by atoms with Crippen LogP contribution in [0.5, 0.6) is 0 Å². The minimum Gasteiger partial charge on any atom is -0.0982 e. The zero-order valence-corrected chi connectivity index (χ0v) is 15.6. The van der Waals surface area contributed by atoms with Crippen LogP contribution in [-0.2, 0) is 0 Å². The highest BCUT2D eigenvalue weighted by Crippen LogP contribution is 2.26. The molecule has 0 aromatic heterocycles. The highest BCUT2D eigenvalue weighted by atomic mass is 14.1. The van der Waals surface area contributed by atoms with E-state index in [4.69, 9.17) is 0 Å². The Morgan fingerprint density at radius 3 is 2.30 bits per heavy atom. The molecule has 0 heterocycles. The lowest BCUT2D eigenvalue weighted by atomic mass is 10.0. The van der Waals surface area contributed by atoms with Crippen molar-refractivity contribution in [1.29, 1.82) is 0 Å². The molecule has 0 radical (unpaired) electrons. The average molecular weight is 311 g/mol. The lowest BCUT2D eigenvalue weighted by Gasteiger charge is -2.01. The molecule has 126 valence electrons. The van der Waals surface area contributed by atoms with E-state index in [-0.39, 0.29) is 0 Å². The SMILES string of the molecule is CCCCC#CC1=C(C=C=C=C(CCCC)CCCC)CCC1. The molecular formula is C23H34. The number of unbranched alkanes of at least 4 members (excludes halogenated alkanes) is 4. The molecule has 0 amide bonds. The standard InChI is InChI=1S/C23H34/c1-4-7-10-11-17-22-19-13-20-23(22)18-12-16-21(14-8-5-2)15-9-6-3/h18H,4-10,13-15,19-20H2,1-3H3. The van der Waals surface area contributed by atoms with Gasteiger partial charge in [-0.2, -0.15) is 0 Å². The van der Waals surface area contributed by atoms with Crippen molar-refractivity contribution < 1.29 is 0 Å². The van der Waals surface area contributed by atoms with Crippen molar-refractivity contribution in [2.24, 2.45) is 0 Å². The van der Waals surface area contributed by atoms with Crippen LogP contribution in [0.15, 0.2) is 34.3 Å². The largest absolute Gasteiger partial charge is 0.0982 e. The first kappa shape index (κ1) is 19.6. The second kappa shape index (κ2) is 13.1. The summed E-state index contributed by atoms with van der Waals surface area (Å²) in [5.74, 6) is 6.73. The van der Waals surface area contributed by atoms with Crippen molar-refractivity contribution in [3.05, 3.63) is 34.3 Å². The summed E-state index contributed by atoms with van der Waals surface area (Å²) in [6.45, 7) is 6.73. The second-order valence-electron chi connectivity index (χ2n) is 6.49. The van der Waals surface area contributed by atoms with Gasteiger partial charge in [0, 0.05) is 12.0 Å². The first-order valence-electron chi connectivity index (χ1n) is 9.72. The van der Waals surface area contributed by atoms with E-state index in [1.807, 2.05) is 0 Å². The molecule has 0 nitrogen and oxygen atoms in total. The van der Waals surface area contributed by atoms with Crippen molar-refractivity contribution in [3.8, 4) is 11.8 Å². The molecule has 0 bridgehead atoms. The summed E-state index contributed by atoms with van der Waals surface area (Å²) in [4.78, 5) is 0. The van der Waals surface area contributed by atoms with Gasteiger partial charge in [-0.15, -0.1) is 0 Å². The minimum absolute atomic E-state index is 1.03. The predicted octanol–water partition coefficient (Wildman–Crippen LogP) is 7.28. The van der Waals surface area contributed by atoms with Gasteiger partial charge >= 0.3 is 0 Å². The molecular weight excluding hydrogens is 276 g/mol. The van der Waals surface area contributed by atoms with Crippen LogP contribution in [0.2, 0.25) is 0 Å². The lowest BCUT2D eigenvalue weighted by molar-refractivity contribution is 0.714. The maximum absolute atomic E-state index is 3.44. The quantitative estimate of drug-likeness (QED) is 0.238. The van der Waals surface area contributed by atoms with Crippen molar-refractivity contribution in [2.75, 3.05) is 0 Å². The van der Waals surface area contributed by atoms with E-state index >= 15 is 0 Å². The maximum atomic E-state index is 3.44. The second-order valence-corrected chi connectivity index (χ2v) is 6.49. The lowest BCUT2D eigenvalue weighted by Crippen LogP contribution is -1.83. The summed E-state index contributed by atoms with van der Waals surface area (Å²) in [5.41, 5.74) is 11.0. The molecule has 0 aliphatic heterocycles. The summed E-state index contributed by atoms with van der Waals surface area (Å²) in [5, 5.41) is 0. The van der Waals surface area contributed by atoms with Crippen LogP contribution in [0, 0.1) is 11.8 Å². The van der Waals surface area contributed by atoms with Gasteiger partial charge in [0.05, 0.1) is 0 Å². The monoisotopic (exact) mass is 310 g/mol. The van der Waals surface area contributed by atoms with Crippen LogP contribution < -0.4 is 0 Å².